The van der Waals surface area contributed by atoms with E-state index >= 15 is 0 Å². The normalized spacial score (nSPS) is 17.2. The second-order valence-corrected chi connectivity index (χ2v) is 7.67. The van der Waals surface area contributed by atoms with Crippen LogP contribution in [0.25, 0.3) is 0 Å². The van der Waals surface area contributed by atoms with Crippen molar-refractivity contribution in [2.24, 2.45) is 5.92 Å². The second-order valence-electron chi connectivity index (χ2n) is 7.67. The molecular formula is C21H32N6O2. The van der Waals surface area contributed by atoms with Gasteiger partial charge in [-0.25, -0.2) is 4.68 Å². The molecule has 29 heavy (non-hydrogen) atoms. The lowest BCUT2D eigenvalue weighted by molar-refractivity contribution is -0.132. The number of methoxy groups -OCH3 is 1. The fraction of sp³-hybridized carbons (Fsp3) is 0.619. The van der Waals surface area contributed by atoms with E-state index in [1.807, 2.05) is 17.0 Å². The van der Waals surface area contributed by atoms with Crippen LogP contribution in [0.3, 0.4) is 0 Å². The smallest absolute Gasteiger partial charge is 0.224 e. The number of hydrogen-bond donors (Lipinski definition) is 0. The number of likely N-dealkylation sites (tertiary alicyclic amines) is 1. The van der Waals surface area contributed by atoms with Crippen molar-refractivity contribution in [3.63, 3.8) is 0 Å². The van der Waals surface area contributed by atoms with E-state index in [0.717, 1.165) is 44.9 Å². The van der Waals surface area contributed by atoms with E-state index in [1.165, 1.54) is 18.4 Å². The molecule has 1 aliphatic heterocycles. The molecule has 0 aliphatic carbocycles. The fourth-order valence-electron chi connectivity index (χ4n) is 3.99. The van der Waals surface area contributed by atoms with Crippen molar-refractivity contribution in [1.82, 2.24) is 30.0 Å². The average Bonchev–Trinajstić information content (AvgIpc) is 3.28. The van der Waals surface area contributed by atoms with Crippen LogP contribution >= 0.6 is 0 Å². The van der Waals surface area contributed by atoms with Crippen LogP contribution in [-0.4, -0.2) is 75.7 Å². The Hall–Kier alpha value is -2.48. The Bertz CT molecular complexity index is 751. The SMILES string of the molecule is CCN(C[C@H]1CCCN(CCc2cccc(OC)c2)C1)C(=O)CCn1cnnn1. The third kappa shape index (κ3) is 6.52. The Labute approximate surface area is 172 Å². The maximum Gasteiger partial charge on any atom is 0.224 e. The number of aryl methyl sites for hydroxylation is 1. The van der Waals surface area contributed by atoms with Crippen molar-refractivity contribution >= 4 is 5.91 Å². The molecule has 0 radical (unpaired) electrons. The van der Waals surface area contributed by atoms with Gasteiger partial charge < -0.3 is 14.5 Å². The van der Waals surface area contributed by atoms with Crippen molar-refractivity contribution in [3.05, 3.63) is 36.2 Å². The average molecular weight is 401 g/mol. The molecule has 2 aromatic rings. The first-order chi connectivity index (χ1) is 14.2. The highest BCUT2D eigenvalue weighted by Crippen LogP contribution is 2.19. The number of amides is 1. The zero-order valence-corrected chi connectivity index (χ0v) is 17.5. The number of hydrogen-bond acceptors (Lipinski definition) is 6. The topological polar surface area (TPSA) is 76.4 Å². The Balaban J connectivity index is 1.45. The van der Waals surface area contributed by atoms with Crippen molar-refractivity contribution in [1.29, 1.82) is 0 Å². The first-order valence-electron chi connectivity index (χ1n) is 10.5. The second kappa shape index (κ2) is 10.9. The Morgan fingerprint density at radius 3 is 3.00 bits per heavy atom. The molecule has 0 bridgehead atoms. The van der Waals surface area contributed by atoms with Gasteiger partial charge in [0.1, 0.15) is 12.1 Å². The third-order valence-electron chi connectivity index (χ3n) is 5.61. The molecule has 0 spiro atoms. The summed E-state index contributed by atoms with van der Waals surface area (Å²) in [4.78, 5) is 17.1. The molecule has 3 rings (SSSR count). The standard InChI is InChI=1S/C21H32N6O2/c1-3-26(21(28)10-13-27-17-22-23-24-27)16-19-7-5-11-25(15-19)12-9-18-6-4-8-20(14-18)29-2/h4,6,8,14,17,19H,3,5,7,9-13,15-16H2,1-2H3/t19-/m0/s1. The number of tetrazole rings is 1. The minimum atomic E-state index is 0.177. The van der Waals surface area contributed by atoms with E-state index in [2.05, 4.69) is 39.5 Å². The van der Waals surface area contributed by atoms with Crippen molar-refractivity contribution in [2.45, 2.75) is 39.2 Å². The van der Waals surface area contributed by atoms with Crippen LogP contribution in [0.15, 0.2) is 30.6 Å². The zero-order valence-electron chi connectivity index (χ0n) is 17.5. The molecule has 0 saturated carbocycles. The number of aromatic nitrogens is 4. The van der Waals surface area contributed by atoms with E-state index in [9.17, 15) is 4.79 Å². The number of piperidine rings is 1. The fourth-order valence-corrected chi connectivity index (χ4v) is 3.99. The minimum Gasteiger partial charge on any atom is -0.497 e. The molecule has 2 heterocycles. The summed E-state index contributed by atoms with van der Waals surface area (Å²) < 4.78 is 6.93. The minimum absolute atomic E-state index is 0.177. The number of rotatable bonds is 10. The number of carbonyl (C=O) groups is 1. The number of ether oxygens (including phenoxy) is 1. The maximum absolute atomic E-state index is 12.6. The lowest BCUT2D eigenvalue weighted by Crippen LogP contribution is -2.43. The van der Waals surface area contributed by atoms with Gasteiger partial charge in [-0.2, -0.15) is 0 Å². The molecule has 1 fully saturated rings. The van der Waals surface area contributed by atoms with Crippen molar-refractivity contribution in [2.75, 3.05) is 39.8 Å². The molecule has 1 amide bonds. The Kier molecular flexibility index (Phi) is 7.98. The third-order valence-corrected chi connectivity index (χ3v) is 5.61. The van der Waals surface area contributed by atoms with E-state index in [0.29, 0.717) is 18.9 Å². The van der Waals surface area contributed by atoms with Gasteiger partial charge in [0.2, 0.25) is 5.91 Å². The van der Waals surface area contributed by atoms with Crippen LogP contribution < -0.4 is 4.74 Å². The molecule has 0 N–H and O–H groups in total. The van der Waals surface area contributed by atoms with Crippen LogP contribution in [0, 0.1) is 5.92 Å². The summed E-state index contributed by atoms with van der Waals surface area (Å²) in [5, 5.41) is 11.0. The predicted octanol–water partition coefficient (Wildman–Crippen LogP) is 1.87. The summed E-state index contributed by atoms with van der Waals surface area (Å²) in [5.41, 5.74) is 1.31. The van der Waals surface area contributed by atoms with Gasteiger partial charge in [0.25, 0.3) is 0 Å². The lowest BCUT2D eigenvalue weighted by Gasteiger charge is -2.35. The van der Waals surface area contributed by atoms with Gasteiger partial charge in [0, 0.05) is 32.6 Å². The Morgan fingerprint density at radius 2 is 2.24 bits per heavy atom. The van der Waals surface area contributed by atoms with Crippen LogP contribution in [0.4, 0.5) is 0 Å². The van der Waals surface area contributed by atoms with Crippen LogP contribution in [-0.2, 0) is 17.8 Å². The highest BCUT2D eigenvalue weighted by Gasteiger charge is 2.23. The molecular weight excluding hydrogens is 368 g/mol. The summed E-state index contributed by atoms with van der Waals surface area (Å²) in [6.07, 6.45) is 5.38. The van der Waals surface area contributed by atoms with Gasteiger partial charge in [-0.15, -0.1) is 5.10 Å². The quantitative estimate of drug-likeness (QED) is 0.606. The van der Waals surface area contributed by atoms with Crippen LogP contribution in [0.2, 0.25) is 0 Å². The van der Waals surface area contributed by atoms with Gasteiger partial charge in [0.05, 0.1) is 13.7 Å². The van der Waals surface area contributed by atoms with Gasteiger partial charge in [0.15, 0.2) is 0 Å². The summed E-state index contributed by atoms with van der Waals surface area (Å²) in [7, 11) is 1.71. The summed E-state index contributed by atoms with van der Waals surface area (Å²) in [5.74, 6) is 1.63. The largest absolute Gasteiger partial charge is 0.497 e. The van der Waals surface area contributed by atoms with Crippen LogP contribution in [0.1, 0.15) is 31.7 Å². The van der Waals surface area contributed by atoms with E-state index in [1.54, 1.807) is 18.1 Å². The first-order valence-corrected chi connectivity index (χ1v) is 10.5. The number of nitrogens with zero attached hydrogens (tertiary/aromatic N) is 6. The van der Waals surface area contributed by atoms with Crippen molar-refractivity contribution < 1.29 is 9.53 Å². The molecule has 1 aliphatic rings. The van der Waals surface area contributed by atoms with Gasteiger partial charge >= 0.3 is 0 Å². The van der Waals surface area contributed by atoms with Crippen LogP contribution in [0.5, 0.6) is 5.75 Å². The maximum atomic E-state index is 12.6. The van der Waals surface area contributed by atoms with Crippen molar-refractivity contribution in [3.8, 4) is 5.75 Å². The number of carbonyl (C=O) groups excluding carboxylic acids is 1. The van der Waals surface area contributed by atoms with Gasteiger partial charge in [-0.3, -0.25) is 4.79 Å². The molecule has 8 nitrogen and oxygen atoms in total. The van der Waals surface area contributed by atoms with E-state index in [4.69, 9.17) is 4.74 Å². The monoisotopic (exact) mass is 400 g/mol. The van der Waals surface area contributed by atoms with Gasteiger partial charge in [-0.1, -0.05) is 12.1 Å². The van der Waals surface area contributed by atoms with Gasteiger partial charge in [-0.05, 0) is 66.8 Å². The summed E-state index contributed by atoms with van der Waals surface area (Å²) >= 11 is 0. The molecule has 158 valence electrons. The molecule has 8 heteroatoms. The van der Waals surface area contributed by atoms with E-state index < -0.39 is 0 Å². The lowest BCUT2D eigenvalue weighted by atomic mass is 9.96. The predicted molar refractivity (Wildman–Crippen MR) is 111 cm³/mol. The highest BCUT2D eigenvalue weighted by atomic mass is 16.5. The molecule has 1 aromatic heterocycles. The summed E-state index contributed by atoms with van der Waals surface area (Å²) in [6.45, 7) is 7.40. The highest BCUT2D eigenvalue weighted by molar-refractivity contribution is 5.76. The number of benzene rings is 1. The zero-order chi connectivity index (χ0) is 20.5. The first kappa shape index (κ1) is 21.2. The summed E-state index contributed by atoms with van der Waals surface area (Å²) in [6, 6.07) is 8.30. The Morgan fingerprint density at radius 1 is 1.34 bits per heavy atom. The molecule has 1 aromatic carbocycles. The molecule has 0 unspecified atom stereocenters. The van der Waals surface area contributed by atoms with E-state index in [-0.39, 0.29) is 5.91 Å². The molecule has 1 atom stereocenters. The molecule has 1 saturated heterocycles.